The van der Waals surface area contributed by atoms with Gasteiger partial charge in [0.15, 0.2) is 0 Å². The van der Waals surface area contributed by atoms with Gasteiger partial charge < -0.3 is 5.11 Å². The van der Waals surface area contributed by atoms with Crippen LogP contribution in [0.1, 0.15) is 46.5 Å². The largest absolute Gasteiger partial charge is 0.392 e. The number of rotatable bonds is 1. The summed E-state index contributed by atoms with van der Waals surface area (Å²) >= 11 is 4.44. The molecule has 0 saturated heterocycles. The van der Waals surface area contributed by atoms with Crippen LogP contribution in [0.5, 0.6) is 0 Å². The van der Waals surface area contributed by atoms with Gasteiger partial charge in [-0.2, -0.15) is 12.6 Å². The highest BCUT2D eigenvalue weighted by Crippen LogP contribution is 2.50. The highest BCUT2D eigenvalue weighted by atomic mass is 32.1. The van der Waals surface area contributed by atoms with E-state index in [0.717, 1.165) is 18.6 Å². The zero-order valence-electron chi connectivity index (χ0n) is 9.01. The minimum absolute atomic E-state index is 0.0361. The van der Waals surface area contributed by atoms with E-state index in [2.05, 4.69) is 33.4 Å². The molecule has 0 heterocycles. The molecule has 1 rings (SSSR count). The van der Waals surface area contributed by atoms with Crippen LogP contribution in [-0.4, -0.2) is 17.0 Å². The number of hydrogen-bond donors (Lipinski definition) is 2. The standard InChI is InChI=1S/C11H22OS/c1-10(2,3)11(8-13)7-5-4-6-9(11)12/h9,12-13H,4-8H2,1-3H3/t9-,11?/m1/s1. The Morgan fingerprint density at radius 1 is 1.38 bits per heavy atom. The lowest BCUT2D eigenvalue weighted by Gasteiger charge is -2.50. The predicted molar refractivity (Wildman–Crippen MR) is 60.2 cm³/mol. The first kappa shape index (κ1) is 11.4. The second kappa shape index (κ2) is 3.82. The Balaban J connectivity index is 2.89. The molecule has 0 aromatic carbocycles. The summed E-state index contributed by atoms with van der Waals surface area (Å²) in [6, 6.07) is 0. The first-order valence-corrected chi connectivity index (χ1v) is 5.86. The average molecular weight is 202 g/mol. The molecule has 78 valence electrons. The molecule has 0 aliphatic heterocycles. The Morgan fingerprint density at radius 2 is 2.00 bits per heavy atom. The summed E-state index contributed by atoms with van der Waals surface area (Å²) in [5, 5.41) is 10.1. The van der Waals surface area contributed by atoms with E-state index in [1.54, 1.807) is 0 Å². The molecule has 0 aromatic heterocycles. The molecule has 2 heteroatoms. The van der Waals surface area contributed by atoms with E-state index in [1.165, 1.54) is 12.8 Å². The van der Waals surface area contributed by atoms with E-state index in [9.17, 15) is 5.11 Å². The summed E-state index contributed by atoms with van der Waals surface area (Å²) in [5.74, 6) is 0.803. The monoisotopic (exact) mass is 202 g/mol. The van der Waals surface area contributed by atoms with Crippen LogP contribution in [0.25, 0.3) is 0 Å². The van der Waals surface area contributed by atoms with Gasteiger partial charge in [-0.1, -0.05) is 33.6 Å². The normalized spacial score (nSPS) is 36.2. The Hall–Kier alpha value is 0.310. The number of thiol groups is 1. The van der Waals surface area contributed by atoms with Gasteiger partial charge in [0, 0.05) is 5.41 Å². The van der Waals surface area contributed by atoms with Crippen molar-refractivity contribution in [2.24, 2.45) is 10.8 Å². The van der Waals surface area contributed by atoms with E-state index in [0.29, 0.717) is 0 Å². The van der Waals surface area contributed by atoms with Crippen molar-refractivity contribution >= 4 is 12.6 Å². The molecule has 0 aromatic rings. The maximum atomic E-state index is 10.1. The van der Waals surface area contributed by atoms with Gasteiger partial charge in [-0.05, 0) is 24.0 Å². The zero-order chi connectivity index (χ0) is 10.1. The van der Waals surface area contributed by atoms with Crippen LogP contribution in [0.2, 0.25) is 0 Å². The van der Waals surface area contributed by atoms with Crippen molar-refractivity contribution in [1.82, 2.24) is 0 Å². The molecule has 0 spiro atoms. The molecule has 0 radical (unpaired) electrons. The highest BCUT2D eigenvalue weighted by molar-refractivity contribution is 7.80. The minimum Gasteiger partial charge on any atom is -0.392 e. The average Bonchev–Trinajstić information content (AvgIpc) is 2.03. The lowest BCUT2D eigenvalue weighted by molar-refractivity contribution is -0.0661. The Morgan fingerprint density at radius 3 is 2.31 bits per heavy atom. The number of aliphatic hydroxyl groups excluding tert-OH is 1. The number of hydrogen-bond acceptors (Lipinski definition) is 2. The van der Waals surface area contributed by atoms with Crippen molar-refractivity contribution in [3.8, 4) is 0 Å². The van der Waals surface area contributed by atoms with Gasteiger partial charge in [0.05, 0.1) is 6.10 Å². The van der Waals surface area contributed by atoms with E-state index >= 15 is 0 Å². The molecular weight excluding hydrogens is 180 g/mol. The molecular formula is C11H22OS. The first-order chi connectivity index (χ1) is 5.94. The van der Waals surface area contributed by atoms with Crippen molar-refractivity contribution in [2.45, 2.75) is 52.6 Å². The molecule has 1 aliphatic carbocycles. The summed E-state index contributed by atoms with van der Waals surface area (Å²) < 4.78 is 0. The third-order valence-electron chi connectivity index (χ3n) is 3.76. The Labute approximate surface area is 87.3 Å². The van der Waals surface area contributed by atoms with E-state index in [4.69, 9.17) is 0 Å². The predicted octanol–water partition coefficient (Wildman–Crippen LogP) is 2.88. The van der Waals surface area contributed by atoms with Crippen molar-refractivity contribution < 1.29 is 5.11 Å². The molecule has 1 N–H and O–H groups in total. The third kappa shape index (κ3) is 1.89. The summed E-state index contributed by atoms with van der Waals surface area (Å²) in [6.07, 6.45) is 4.35. The van der Waals surface area contributed by atoms with Gasteiger partial charge in [-0.3, -0.25) is 0 Å². The van der Waals surface area contributed by atoms with Gasteiger partial charge in [-0.15, -0.1) is 0 Å². The zero-order valence-corrected chi connectivity index (χ0v) is 9.90. The maximum absolute atomic E-state index is 10.1. The Bertz CT molecular complexity index is 173. The highest BCUT2D eigenvalue weighted by Gasteiger charge is 2.47. The molecule has 1 aliphatic rings. The first-order valence-electron chi connectivity index (χ1n) is 5.23. The lowest BCUT2D eigenvalue weighted by atomic mass is 9.59. The fourth-order valence-corrected chi connectivity index (χ4v) is 3.36. The van der Waals surface area contributed by atoms with Gasteiger partial charge >= 0.3 is 0 Å². The quantitative estimate of drug-likeness (QED) is 0.627. The lowest BCUT2D eigenvalue weighted by Crippen LogP contribution is -2.49. The summed E-state index contributed by atoms with van der Waals surface area (Å²) in [4.78, 5) is 0. The van der Waals surface area contributed by atoms with Crippen LogP contribution in [0, 0.1) is 10.8 Å². The van der Waals surface area contributed by atoms with Crippen molar-refractivity contribution in [3.05, 3.63) is 0 Å². The van der Waals surface area contributed by atoms with Gasteiger partial charge in [0.1, 0.15) is 0 Å². The van der Waals surface area contributed by atoms with Crippen LogP contribution in [0.4, 0.5) is 0 Å². The molecule has 0 amide bonds. The van der Waals surface area contributed by atoms with Crippen LogP contribution < -0.4 is 0 Å². The topological polar surface area (TPSA) is 20.2 Å². The molecule has 1 nitrogen and oxygen atoms in total. The summed E-state index contributed by atoms with van der Waals surface area (Å²) in [7, 11) is 0. The van der Waals surface area contributed by atoms with Crippen molar-refractivity contribution in [2.75, 3.05) is 5.75 Å². The van der Waals surface area contributed by atoms with Gasteiger partial charge in [0.2, 0.25) is 0 Å². The molecule has 13 heavy (non-hydrogen) atoms. The van der Waals surface area contributed by atoms with Crippen LogP contribution in [-0.2, 0) is 0 Å². The summed E-state index contributed by atoms with van der Waals surface area (Å²) in [6.45, 7) is 6.66. The van der Waals surface area contributed by atoms with Crippen LogP contribution >= 0.6 is 12.6 Å². The Kier molecular flexibility index (Phi) is 3.34. The fourth-order valence-electron chi connectivity index (χ4n) is 2.52. The summed E-state index contributed by atoms with van der Waals surface area (Å²) in [5.41, 5.74) is 0.197. The van der Waals surface area contributed by atoms with Crippen LogP contribution in [0.3, 0.4) is 0 Å². The van der Waals surface area contributed by atoms with Gasteiger partial charge in [0.25, 0.3) is 0 Å². The van der Waals surface area contributed by atoms with E-state index < -0.39 is 0 Å². The smallest absolute Gasteiger partial charge is 0.0609 e. The fraction of sp³-hybridized carbons (Fsp3) is 1.00. The second-order valence-corrected chi connectivity index (χ2v) is 5.64. The molecule has 0 bridgehead atoms. The minimum atomic E-state index is -0.154. The molecule has 1 saturated carbocycles. The SMILES string of the molecule is CC(C)(C)C1(CS)CCCC[C@H]1O. The van der Waals surface area contributed by atoms with Crippen LogP contribution in [0.15, 0.2) is 0 Å². The second-order valence-electron chi connectivity index (χ2n) is 5.33. The number of aliphatic hydroxyl groups is 1. The maximum Gasteiger partial charge on any atom is 0.0609 e. The molecule has 2 atom stereocenters. The van der Waals surface area contributed by atoms with Crippen molar-refractivity contribution in [1.29, 1.82) is 0 Å². The third-order valence-corrected chi connectivity index (χ3v) is 4.33. The molecule has 1 fully saturated rings. The van der Waals surface area contributed by atoms with Gasteiger partial charge in [-0.25, -0.2) is 0 Å². The van der Waals surface area contributed by atoms with E-state index in [-0.39, 0.29) is 16.9 Å². The molecule has 1 unspecified atom stereocenters. The van der Waals surface area contributed by atoms with E-state index in [1.807, 2.05) is 0 Å². The van der Waals surface area contributed by atoms with Crippen molar-refractivity contribution in [3.63, 3.8) is 0 Å².